The van der Waals surface area contributed by atoms with Crippen LogP contribution in [0.1, 0.15) is 38.3 Å². The number of aliphatic hydroxyl groups excluding tert-OH is 1. The minimum Gasteiger partial charge on any atom is -0.395 e. The van der Waals surface area contributed by atoms with Gasteiger partial charge in [0.15, 0.2) is 0 Å². The lowest BCUT2D eigenvalue weighted by molar-refractivity contribution is 0.302. The Hall–Kier alpha value is -2.33. The summed E-state index contributed by atoms with van der Waals surface area (Å²) in [6.07, 6.45) is 6.71. The van der Waals surface area contributed by atoms with Crippen molar-refractivity contribution in [3.8, 4) is 0 Å². The van der Waals surface area contributed by atoms with E-state index < -0.39 is 0 Å². The van der Waals surface area contributed by atoms with E-state index in [1.54, 1.807) is 12.3 Å². The Bertz CT molecular complexity index is 634. The maximum atomic E-state index is 11.0. The van der Waals surface area contributed by atoms with E-state index in [1.165, 1.54) is 6.07 Å². The van der Waals surface area contributed by atoms with Crippen LogP contribution in [0.2, 0.25) is 0 Å². The first-order chi connectivity index (χ1) is 11.7. The minimum absolute atomic E-state index is 0.0959. The average Bonchev–Trinajstić information content (AvgIpc) is 2.63. The third-order valence-electron chi connectivity index (χ3n) is 3.40. The zero-order chi connectivity index (χ0) is 17.8. The number of aliphatic hydroxyl groups is 1. The molecular weight excluding hydrogens is 300 g/mol. The first-order valence-corrected chi connectivity index (χ1v) is 8.55. The second kappa shape index (κ2) is 11.2. The number of aromatic amines is 1. The fourth-order valence-corrected chi connectivity index (χ4v) is 2.28. The number of pyridine rings is 1. The molecule has 0 fully saturated rings. The topological polar surface area (TPSA) is 56.3 Å². The Morgan fingerprint density at radius 1 is 1.00 bits per heavy atom. The van der Waals surface area contributed by atoms with Gasteiger partial charge in [0, 0.05) is 31.0 Å². The van der Waals surface area contributed by atoms with Gasteiger partial charge in [-0.05, 0) is 35.7 Å². The number of anilines is 1. The molecule has 2 N–H and O–H groups in total. The molecule has 1 aromatic heterocycles. The second-order valence-electron chi connectivity index (χ2n) is 5.12. The summed E-state index contributed by atoms with van der Waals surface area (Å²) in [7, 11) is 0. The average molecular weight is 328 g/mol. The van der Waals surface area contributed by atoms with Crippen molar-refractivity contribution in [2.45, 2.75) is 27.2 Å². The molecule has 0 atom stereocenters. The van der Waals surface area contributed by atoms with Crippen molar-refractivity contribution in [3.05, 3.63) is 64.1 Å². The summed E-state index contributed by atoms with van der Waals surface area (Å²) in [5, 5.41) is 9.13. The molecule has 0 unspecified atom stereocenters. The molecule has 24 heavy (non-hydrogen) atoms. The van der Waals surface area contributed by atoms with Gasteiger partial charge in [0.1, 0.15) is 0 Å². The SMILES string of the molecule is CC.CCCN(CCO)c1ccc(/C=C/c2ccc(=O)[nH]c2)cc1. The third kappa shape index (κ3) is 6.42. The van der Waals surface area contributed by atoms with Gasteiger partial charge in [-0.2, -0.15) is 0 Å². The Kier molecular flexibility index (Phi) is 9.24. The quantitative estimate of drug-likeness (QED) is 0.813. The largest absolute Gasteiger partial charge is 0.395 e. The summed E-state index contributed by atoms with van der Waals surface area (Å²) in [5.74, 6) is 0. The van der Waals surface area contributed by atoms with Crippen molar-refractivity contribution in [1.82, 2.24) is 4.98 Å². The second-order valence-corrected chi connectivity index (χ2v) is 5.12. The molecule has 0 saturated heterocycles. The number of H-pyrrole nitrogens is 1. The van der Waals surface area contributed by atoms with Crippen molar-refractivity contribution in [3.63, 3.8) is 0 Å². The maximum absolute atomic E-state index is 11.0. The van der Waals surface area contributed by atoms with Gasteiger partial charge in [0.25, 0.3) is 0 Å². The van der Waals surface area contributed by atoms with Gasteiger partial charge >= 0.3 is 0 Å². The van der Waals surface area contributed by atoms with E-state index in [9.17, 15) is 4.79 Å². The fraction of sp³-hybridized carbons (Fsp3) is 0.350. The number of nitrogens with zero attached hydrogens (tertiary/aromatic N) is 1. The summed E-state index contributed by atoms with van der Waals surface area (Å²) >= 11 is 0. The van der Waals surface area contributed by atoms with Gasteiger partial charge in [0.2, 0.25) is 5.56 Å². The lowest BCUT2D eigenvalue weighted by Gasteiger charge is -2.23. The molecule has 0 aliphatic heterocycles. The van der Waals surface area contributed by atoms with Crippen LogP contribution in [0.3, 0.4) is 0 Å². The van der Waals surface area contributed by atoms with Crippen LogP contribution < -0.4 is 10.5 Å². The molecular formula is C20H28N2O2. The van der Waals surface area contributed by atoms with E-state index in [1.807, 2.05) is 26.0 Å². The van der Waals surface area contributed by atoms with Gasteiger partial charge in [-0.1, -0.05) is 45.1 Å². The van der Waals surface area contributed by atoms with Gasteiger partial charge in [-0.15, -0.1) is 0 Å². The molecule has 2 aromatic rings. The summed E-state index contributed by atoms with van der Waals surface area (Å²) in [6.45, 7) is 7.88. The van der Waals surface area contributed by atoms with Crippen LogP contribution in [0.5, 0.6) is 0 Å². The van der Waals surface area contributed by atoms with E-state index in [2.05, 4.69) is 41.1 Å². The number of rotatable bonds is 7. The van der Waals surface area contributed by atoms with Gasteiger partial charge < -0.3 is 15.0 Å². The standard InChI is InChI=1S/C18H22N2O2.C2H6/c1-2-11-20(12-13-21)17-8-5-15(6-9-17)3-4-16-7-10-18(22)19-14-16;1-2/h3-10,14,21H,2,11-13H2,1H3,(H,19,22);1-2H3/b4-3+;. The van der Waals surface area contributed by atoms with Gasteiger partial charge in [-0.3, -0.25) is 4.79 Å². The Balaban J connectivity index is 0.00000139. The van der Waals surface area contributed by atoms with Crippen molar-refractivity contribution in [1.29, 1.82) is 0 Å². The predicted octanol–water partition coefficient (Wildman–Crippen LogP) is 3.78. The number of hydrogen-bond donors (Lipinski definition) is 2. The Morgan fingerprint density at radius 3 is 2.17 bits per heavy atom. The number of hydrogen-bond acceptors (Lipinski definition) is 3. The zero-order valence-corrected chi connectivity index (χ0v) is 14.8. The molecule has 1 aromatic carbocycles. The van der Waals surface area contributed by atoms with Gasteiger partial charge in [-0.25, -0.2) is 0 Å². The summed E-state index contributed by atoms with van der Waals surface area (Å²) < 4.78 is 0. The highest BCUT2D eigenvalue weighted by Crippen LogP contribution is 2.17. The van der Waals surface area contributed by atoms with Crippen molar-refractivity contribution in [2.24, 2.45) is 0 Å². The van der Waals surface area contributed by atoms with Crippen LogP contribution in [0.25, 0.3) is 12.2 Å². The molecule has 130 valence electrons. The zero-order valence-electron chi connectivity index (χ0n) is 14.8. The Labute approximate surface area is 144 Å². The summed E-state index contributed by atoms with van der Waals surface area (Å²) in [5.41, 5.74) is 3.07. The highest BCUT2D eigenvalue weighted by Gasteiger charge is 2.03. The van der Waals surface area contributed by atoms with E-state index in [0.29, 0.717) is 6.54 Å². The molecule has 4 nitrogen and oxygen atoms in total. The van der Waals surface area contributed by atoms with Crippen LogP contribution in [0.15, 0.2) is 47.4 Å². The first-order valence-electron chi connectivity index (χ1n) is 8.55. The fourth-order valence-electron chi connectivity index (χ4n) is 2.28. The van der Waals surface area contributed by atoms with Crippen LogP contribution in [0.4, 0.5) is 5.69 Å². The van der Waals surface area contributed by atoms with Gasteiger partial charge in [0.05, 0.1) is 6.61 Å². The lowest BCUT2D eigenvalue weighted by atomic mass is 10.1. The Morgan fingerprint density at radius 2 is 1.62 bits per heavy atom. The molecule has 0 bridgehead atoms. The molecule has 0 amide bonds. The minimum atomic E-state index is -0.0959. The predicted molar refractivity (Wildman–Crippen MR) is 103 cm³/mol. The number of nitrogens with one attached hydrogen (secondary N) is 1. The molecule has 0 aliphatic rings. The van der Waals surface area contributed by atoms with E-state index in [4.69, 9.17) is 5.11 Å². The van der Waals surface area contributed by atoms with E-state index in [-0.39, 0.29) is 12.2 Å². The number of aromatic nitrogens is 1. The van der Waals surface area contributed by atoms with E-state index in [0.717, 1.165) is 29.8 Å². The molecule has 1 heterocycles. The van der Waals surface area contributed by atoms with Crippen molar-refractivity contribution in [2.75, 3.05) is 24.6 Å². The van der Waals surface area contributed by atoms with Crippen molar-refractivity contribution < 1.29 is 5.11 Å². The summed E-state index contributed by atoms with van der Waals surface area (Å²) in [6, 6.07) is 11.5. The van der Waals surface area contributed by atoms with Crippen LogP contribution in [0, 0.1) is 0 Å². The summed E-state index contributed by atoms with van der Waals surface area (Å²) in [4.78, 5) is 15.8. The highest BCUT2D eigenvalue weighted by atomic mass is 16.3. The molecule has 0 saturated carbocycles. The molecule has 0 aliphatic carbocycles. The smallest absolute Gasteiger partial charge is 0.247 e. The van der Waals surface area contributed by atoms with Crippen LogP contribution in [-0.4, -0.2) is 29.8 Å². The van der Waals surface area contributed by atoms with Crippen LogP contribution >= 0.6 is 0 Å². The maximum Gasteiger partial charge on any atom is 0.247 e. The van der Waals surface area contributed by atoms with Crippen molar-refractivity contribution >= 4 is 17.8 Å². The van der Waals surface area contributed by atoms with Crippen LogP contribution in [-0.2, 0) is 0 Å². The molecule has 4 heteroatoms. The molecule has 0 spiro atoms. The highest BCUT2D eigenvalue weighted by molar-refractivity contribution is 5.70. The molecule has 0 radical (unpaired) electrons. The normalized spacial score (nSPS) is 10.3. The molecule has 2 rings (SSSR count). The third-order valence-corrected chi connectivity index (χ3v) is 3.40. The lowest BCUT2D eigenvalue weighted by Crippen LogP contribution is -2.27. The van der Waals surface area contributed by atoms with E-state index >= 15 is 0 Å². The monoisotopic (exact) mass is 328 g/mol. The first kappa shape index (κ1) is 19.7. The number of benzene rings is 1.